The smallest absolute Gasteiger partial charge is 0.333 e. The highest BCUT2D eigenvalue weighted by Gasteiger charge is 2.18. The van der Waals surface area contributed by atoms with Crippen molar-refractivity contribution in [2.75, 3.05) is 44.5 Å². The number of hydrogen-bond acceptors (Lipinski definition) is 6. The minimum atomic E-state index is -0.980. The van der Waals surface area contributed by atoms with Crippen molar-refractivity contribution in [3.8, 4) is 11.5 Å². The summed E-state index contributed by atoms with van der Waals surface area (Å²) in [5.41, 5.74) is 1.50. The van der Waals surface area contributed by atoms with E-state index < -0.39 is 12.1 Å². The third-order valence-corrected chi connectivity index (χ3v) is 6.91. The number of thioether (sulfide) groups is 1. The van der Waals surface area contributed by atoms with Crippen LogP contribution < -0.4 is 14.8 Å². The van der Waals surface area contributed by atoms with E-state index in [1.54, 1.807) is 48.9 Å². The van der Waals surface area contributed by atoms with Crippen LogP contribution in [0.4, 0.5) is 10.5 Å². The minimum Gasteiger partial charge on any atom is -0.497 e. The summed E-state index contributed by atoms with van der Waals surface area (Å²) in [6, 6.07) is 24.5. The highest BCUT2D eigenvalue weighted by atomic mass is 32.2. The number of nitrogens with one attached hydrogen (secondary N) is 1. The molecule has 39 heavy (non-hydrogen) atoms. The van der Waals surface area contributed by atoms with Gasteiger partial charge < -0.3 is 29.5 Å². The summed E-state index contributed by atoms with van der Waals surface area (Å²) in [5, 5.41) is 12.2. The Morgan fingerprint density at radius 3 is 2.44 bits per heavy atom. The molecule has 0 aliphatic heterocycles. The molecule has 2 amide bonds. The average molecular weight is 553 g/mol. The van der Waals surface area contributed by atoms with Crippen LogP contribution >= 0.6 is 11.8 Å². The summed E-state index contributed by atoms with van der Waals surface area (Å²) in [6.45, 7) is 3.40. The van der Waals surface area contributed by atoms with Crippen LogP contribution in [0, 0.1) is 0 Å². The second kappa shape index (κ2) is 16.3. The number of aliphatic carboxylic acids is 1. The van der Waals surface area contributed by atoms with Gasteiger partial charge in [0.2, 0.25) is 0 Å². The summed E-state index contributed by atoms with van der Waals surface area (Å²) in [4.78, 5) is 27.4. The Labute approximate surface area is 234 Å². The van der Waals surface area contributed by atoms with Gasteiger partial charge in [0, 0.05) is 36.2 Å². The van der Waals surface area contributed by atoms with Gasteiger partial charge in [0.15, 0.2) is 6.10 Å². The molecular formula is C30H36N2O6S. The number of hydrogen-bond donors (Lipinski definition) is 2. The van der Waals surface area contributed by atoms with E-state index in [0.29, 0.717) is 43.5 Å². The minimum absolute atomic E-state index is 0.206. The molecule has 0 saturated heterocycles. The van der Waals surface area contributed by atoms with Crippen molar-refractivity contribution in [3.63, 3.8) is 0 Å². The summed E-state index contributed by atoms with van der Waals surface area (Å²) in [6.07, 6.45) is 0.228. The number of ether oxygens (including phenoxy) is 3. The number of methoxy groups -OCH3 is 1. The van der Waals surface area contributed by atoms with Crippen molar-refractivity contribution in [3.05, 3.63) is 84.4 Å². The zero-order valence-electron chi connectivity index (χ0n) is 22.4. The van der Waals surface area contributed by atoms with Crippen molar-refractivity contribution < 1.29 is 28.9 Å². The summed E-state index contributed by atoms with van der Waals surface area (Å²) in [7, 11) is 1.59. The fraction of sp³-hybridized carbons (Fsp3) is 0.333. The van der Waals surface area contributed by atoms with E-state index in [9.17, 15) is 14.7 Å². The molecule has 0 bridgehead atoms. The number of carbonyl (C=O) groups excluding carboxylic acids is 1. The van der Waals surface area contributed by atoms with Gasteiger partial charge in [0.25, 0.3) is 0 Å². The monoisotopic (exact) mass is 552 g/mol. The molecule has 0 saturated carbocycles. The van der Waals surface area contributed by atoms with Crippen molar-refractivity contribution >= 4 is 29.4 Å². The normalized spacial score (nSPS) is 11.4. The lowest BCUT2D eigenvalue weighted by molar-refractivity contribution is -0.149. The molecule has 3 aromatic rings. The molecule has 0 heterocycles. The van der Waals surface area contributed by atoms with Crippen LogP contribution in [0.2, 0.25) is 0 Å². The van der Waals surface area contributed by atoms with Crippen LogP contribution in [0.3, 0.4) is 0 Å². The molecular weight excluding hydrogens is 516 g/mol. The Balaban J connectivity index is 1.55. The van der Waals surface area contributed by atoms with Gasteiger partial charge in [0.1, 0.15) is 18.1 Å². The summed E-state index contributed by atoms with van der Waals surface area (Å²) in [5.74, 6) is 1.22. The largest absolute Gasteiger partial charge is 0.497 e. The highest BCUT2D eigenvalue weighted by Crippen LogP contribution is 2.20. The fourth-order valence-corrected chi connectivity index (χ4v) is 4.67. The second-order valence-corrected chi connectivity index (χ2v) is 9.81. The average Bonchev–Trinajstić information content (AvgIpc) is 2.95. The van der Waals surface area contributed by atoms with Crippen molar-refractivity contribution in [1.29, 1.82) is 0 Å². The van der Waals surface area contributed by atoms with Crippen molar-refractivity contribution in [2.24, 2.45) is 0 Å². The van der Waals surface area contributed by atoms with E-state index in [1.165, 1.54) is 4.90 Å². The molecule has 3 aromatic carbocycles. The number of carboxylic acids is 1. The number of urea groups is 1. The third-order valence-electron chi connectivity index (χ3n) is 5.81. The Kier molecular flexibility index (Phi) is 12.5. The lowest BCUT2D eigenvalue weighted by Crippen LogP contribution is -2.38. The van der Waals surface area contributed by atoms with Gasteiger partial charge >= 0.3 is 12.0 Å². The lowest BCUT2D eigenvalue weighted by atomic mass is 10.1. The van der Waals surface area contributed by atoms with E-state index in [4.69, 9.17) is 14.2 Å². The number of amides is 2. The molecule has 3 rings (SSSR count). The zero-order valence-corrected chi connectivity index (χ0v) is 23.2. The Morgan fingerprint density at radius 1 is 0.974 bits per heavy atom. The molecule has 0 spiro atoms. The number of nitrogens with zero attached hydrogens (tertiary/aromatic N) is 1. The Morgan fingerprint density at radius 2 is 1.74 bits per heavy atom. The molecule has 0 aliphatic rings. The Bertz CT molecular complexity index is 1160. The van der Waals surface area contributed by atoms with Crippen LogP contribution in [0.1, 0.15) is 18.9 Å². The van der Waals surface area contributed by atoms with E-state index in [0.717, 1.165) is 17.7 Å². The molecule has 0 fully saturated rings. The molecule has 0 aliphatic carbocycles. The van der Waals surface area contributed by atoms with Gasteiger partial charge in [-0.1, -0.05) is 36.4 Å². The van der Waals surface area contributed by atoms with Crippen LogP contribution in [-0.2, 0) is 16.0 Å². The predicted octanol–water partition coefficient (Wildman–Crippen LogP) is 5.82. The van der Waals surface area contributed by atoms with E-state index in [2.05, 4.69) is 17.4 Å². The molecule has 1 unspecified atom stereocenters. The maximum absolute atomic E-state index is 13.1. The molecule has 2 N–H and O–H groups in total. The molecule has 208 valence electrons. The maximum Gasteiger partial charge on any atom is 0.333 e. The predicted molar refractivity (Wildman–Crippen MR) is 154 cm³/mol. The first-order valence-electron chi connectivity index (χ1n) is 12.9. The van der Waals surface area contributed by atoms with E-state index in [-0.39, 0.29) is 12.5 Å². The lowest BCUT2D eigenvalue weighted by Gasteiger charge is -2.23. The van der Waals surface area contributed by atoms with Crippen LogP contribution in [0.25, 0.3) is 0 Å². The van der Waals surface area contributed by atoms with Gasteiger partial charge in [-0.2, -0.15) is 0 Å². The number of carboxylic acid groups (broad SMARTS) is 1. The maximum atomic E-state index is 13.1. The van der Waals surface area contributed by atoms with Gasteiger partial charge in [-0.3, -0.25) is 0 Å². The van der Waals surface area contributed by atoms with Gasteiger partial charge in [-0.15, -0.1) is 11.8 Å². The molecule has 9 heteroatoms. The molecule has 8 nitrogen and oxygen atoms in total. The van der Waals surface area contributed by atoms with Gasteiger partial charge in [0.05, 0.1) is 13.7 Å². The zero-order chi connectivity index (χ0) is 27.9. The standard InChI is InChI=1S/C30H36N2O6S/c1-3-37-28(29(33)34)21-23-13-15-25(16-14-23)38-19-18-32(17-8-20-39-27-11-5-4-6-12-27)30(35)31-24-9-7-10-26(22-24)36-2/h4-7,9-16,22,28H,3,8,17-21H2,1-2H3,(H,31,35)(H,33,34). The second-order valence-electron chi connectivity index (χ2n) is 8.64. The summed E-state index contributed by atoms with van der Waals surface area (Å²) >= 11 is 1.76. The van der Waals surface area contributed by atoms with Crippen LogP contribution in [-0.4, -0.2) is 67.3 Å². The summed E-state index contributed by atoms with van der Waals surface area (Å²) < 4.78 is 16.5. The van der Waals surface area contributed by atoms with Crippen LogP contribution in [0.5, 0.6) is 11.5 Å². The van der Waals surface area contributed by atoms with Crippen molar-refractivity contribution in [1.82, 2.24) is 4.90 Å². The number of rotatable bonds is 16. The first-order chi connectivity index (χ1) is 19.0. The molecule has 1 atom stereocenters. The molecule has 0 radical (unpaired) electrons. The Hall–Kier alpha value is -3.69. The quantitative estimate of drug-likeness (QED) is 0.171. The van der Waals surface area contributed by atoms with E-state index >= 15 is 0 Å². The van der Waals surface area contributed by atoms with E-state index in [1.807, 2.05) is 48.5 Å². The van der Waals surface area contributed by atoms with Crippen LogP contribution in [0.15, 0.2) is 83.8 Å². The topological polar surface area (TPSA) is 97.3 Å². The fourth-order valence-electron chi connectivity index (χ4n) is 3.81. The third kappa shape index (κ3) is 10.5. The number of benzene rings is 3. The van der Waals surface area contributed by atoms with Crippen molar-refractivity contribution in [2.45, 2.75) is 30.8 Å². The number of carbonyl (C=O) groups is 2. The molecule has 0 aromatic heterocycles. The van der Waals surface area contributed by atoms with Gasteiger partial charge in [-0.05, 0) is 61.1 Å². The first kappa shape index (κ1) is 29.9. The highest BCUT2D eigenvalue weighted by molar-refractivity contribution is 7.99. The first-order valence-corrected chi connectivity index (χ1v) is 13.9. The van der Waals surface area contributed by atoms with Gasteiger partial charge in [-0.25, -0.2) is 9.59 Å². The number of anilines is 1. The SMILES string of the molecule is CCOC(Cc1ccc(OCCN(CCCSc2ccccc2)C(=O)Nc2cccc(OC)c2)cc1)C(=O)O.